The van der Waals surface area contributed by atoms with Crippen LogP contribution in [0.4, 0.5) is 0 Å². The predicted octanol–water partition coefficient (Wildman–Crippen LogP) is -4.47. The molecule has 0 saturated carbocycles. The van der Waals surface area contributed by atoms with Crippen molar-refractivity contribution in [2.45, 2.75) is 12.8 Å². The van der Waals surface area contributed by atoms with E-state index in [9.17, 15) is 19.2 Å². The zero-order valence-electron chi connectivity index (χ0n) is 12.2. The van der Waals surface area contributed by atoms with Crippen LogP contribution in [0.3, 0.4) is 0 Å². The van der Waals surface area contributed by atoms with Crippen molar-refractivity contribution in [3.63, 3.8) is 0 Å². The van der Waals surface area contributed by atoms with Crippen molar-refractivity contribution in [1.29, 1.82) is 0 Å². The zero-order valence-corrected chi connectivity index (χ0v) is 14.1. The van der Waals surface area contributed by atoms with Gasteiger partial charge in [-0.2, -0.15) is 0 Å². The van der Waals surface area contributed by atoms with Crippen LogP contribution in [-0.4, -0.2) is 59.0 Å². The quantitative estimate of drug-likeness (QED) is 0.169. The normalized spacial score (nSPS) is 12.7. The first-order chi connectivity index (χ1) is 9.25. The van der Waals surface area contributed by atoms with E-state index in [1.165, 1.54) is 0 Å². The van der Waals surface area contributed by atoms with Crippen LogP contribution >= 0.6 is 7.82 Å². The molecule has 0 aliphatic heterocycles. The summed E-state index contributed by atoms with van der Waals surface area (Å²) in [4.78, 5) is 63.5. The zero-order chi connectivity index (χ0) is 17.4. The number of hydrogen-bond donors (Lipinski definition) is 7. The minimum absolute atomic E-state index is 0. The Hall–Kier alpha value is -1.01. The van der Waals surface area contributed by atoms with Gasteiger partial charge in [0.15, 0.2) is 0 Å². The average Bonchev–Trinajstić information content (AvgIpc) is 2.19. The number of hydrogen-bond acceptors (Lipinski definition) is 5. The monoisotopic (exact) mass is 356 g/mol. The van der Waals surface area contributed by atoms with Crippen LogP contribution in [0.25, 0.3) is 0 Å². The fourth-order valence-corrected chi connectivity index (χ4v) is 1.18. The van der Waals surface area contributed by atoms with Gasteiger partial charge < -0.3 is 36.5 Å². The number of phosphoric acid groups is 1. The van der Waals surface area contributed by atoms with E-state index in [4.69, 9.17) is 39.7 Å². The molecule has 2 atom stereocenters. The molecule has 2 unspecified atom stereocenters. The summed E-state index contributed by atoms with van der Waals surface area (Å²) in [7, 11) is -4.64. The van der Waals surface area contributed by atoms with Crippen molar-refractivity contribution in [3.05, 3.63) is 0 Å². The van der Waals surface area contributed by atoms with Gasteiger partial charge in [0, 0.05) is 0 Å². The molecule has 14 heteroatoms. The summed E-state index contributed by atoms with van der Waals surface area (Å²) in [6.45, 7) is 0. The van der Waals surface area contributed by atoms with E-state index in [0.29, 0.717) is 0 Å². The van der Waals surface area contributed by atoms with E-state index in [-0.39, 0.29) is 31.0 Å². The molecule has 12 nitrogen and oxygen atoms in total. The van der Waals surface area contributed by atoms with Crippen LogP contribution in [0.5, 0.6) is 0 Å². The van der Waals surface area contributed by atoms with Gasteiger partial charge in [0.25, 0.3) is 0 Å². The van der Waals surface area contributed by atoms with Crippen LogP contribution in [-0.2, 0) is 23.7 Å². The summed E-state index contributed by atoms with van der Waals surface area (Å²) >= 11 is 0. The Morgan fingerprint density at radius 1 is 0.773 bits per heavy atom. The maximum atomic E-state index is 10.6. The summed E-state index contributed by atoms with van der Waals surface area (Å²) < 4.78 is 8.88. The molecular weight excluding hydrogens is 342 g/mol. The third kappa shape index (κ3) is 17.0. The second-order valence-corrected chi connectivity index (χ2v) is 4.63. The number of aliphatic carboxylic acids is 4. The largest absolute Gasteiger partial charge is 1.00 e. The van der Waals surface area contributed by atoms with Crippen molar-refractivity contribution in [2.75, 3.05) is 0 Å². The molecule has 0 saturated heterocycles. The summed E-state index contributed by atoms with van der Waals surface area (Å²) in [5.41, 5.74) is 0. The fraction of sp³-hybridized carbons (Fsp3) is 0.500. The summed E-state index contributed by atoms with van der Waals surface area (Å²) in [5, 5.41) is 34.1. The van der Waals surface area contributed by atoms with Gasteiger partial charge in [-0.25, -0.2) is 4.57 Å². The fourth-order valence-electron chi connectivity index (χ4n) is 1.18. The van der Waals surface area contributed by atoms with E-state index >= 15 is 0 Å². The maximum Gasteiger partial charge on any atom is 1.00 e. The Morgan fingerprint density at radius 3 is 1.05 bits per heavy atom. The first-order valence-electron chi connectivity index (χ1n) is 4.93. The molecule has 0 rings (SSSR count). The Morgan fingerprint density at radius 2 is 0.955 bits per heavy atom. The molecule has 7 N–H and O–H groups in total. The van der Waals surface area contributed by atoms with Gasteiger partial charge in [0.2, 0.25) is 0 Å². The SMILES string of the molecule is O=C(O)CC(C(=O)O)C(CC(=O)O)C(=O)O.O=P(O)(O)O.[H-].[Na+]. The summed E-state index contributed by atoms with van der Waals surface area (Å²) in [6, 6.07) is 0. The van der Waals surface area contributed by atoms with Crippen molar-refractivity contribution in [3.8, 4) is 0 Å². The van der Waals surface area contributed by atoms with Crippen molar-refractivity contribution >= 4 is 31.7 Å². The first-order valence-corrected chi connectivity index (χ1v) is 6.49. The molecule has 0 aromatic rings. The molecule has 0 spiro atoms. The number of carboxylic acid groups (broad SMARTS) is 4. The maximum absolute atomic E-state index is 10.6. The Kier molecular flexibility index (Phi) is 13.6. The van der Waals surface area contributed by atoms with E-state index in [2.05, 4.69) is 0 Å². The molecule has 0 aliphatic carbocycles. The van der Waals surface area contributed by atoms with Crippen LogP contribution < -0.4 is 29.6 Å². The molecule has 0 fully saturated rings. The third-order valence-corrected chi connectivity index (χ3v) is 1.91. The molecule has 0 radical (unpaired) electrons. The van der Waals surface area contributed by atoms with Crippen molar-refractivity contribution < 1.29 is 89.8 Å². The summed E-state index contributed by atoms with van der Waals surface area (Å²) in [5.74, 6) is -9.79. The molecule has 124 valence electrons. The molecule has 0 aliphatic rings. The van der Waals surface area contributed by atoms with Gasteiger partial charge in [0.05, 0.1) is 24.7 Å². The molecule has 0 aromatic carbocycles. The molecule has 0 bridgehead atoms. The van der Waals surface area contributed by atoms with E-state index < -0.39 is 56.4 Å². The van der Waals surface area contributed by atoms with Crippen molar-refractivity contribution in [2.24, 2.45) is 11.8 Å². The summed E-state index contributed by atoms with van der Waals surface area (Å²) in [6.07, 6.45) is -1.86. The standard InChI is InChI=1S/C8H10O8.Na.H3O4P.H/c9-5(10)1-3(7(13)14)4(8(15)16)2-6(11)12;;1-5(2,3)4;/h3-4H,1-2H2,(H,9,10)(H,11,12)(H,13,14)(H,15,16);;(H3,1,2,3,4);/q;+1;;-1. The van der Waals surface area contributed by atoms with Gasteiger partial charge in [-0.3, -0.25) is 19.2 Å². The third-order valence-electron chi connectivity index (χ3n) is 1.91. The number of rotatable bonds is 7. The van der Waals surface area contributed by atoms with Crippen LogP contribution in [0.2, 0.25) is 0 Å². The van der Waals surface area contributed by atoms with Crippen LogP contribution in [0.1, 0.15) is 14.3 Å². The molecule has 0 aromatic heterocycles. The Balaban J connectivity index is -0.000000225. The molecule has 0 heterocycles. The number of carbonyl (C=O) groups is 4. The van der Waals surface area contributed by atoms with Gasteiger partial charge in [-0.15, -0.1) is 0 Å². The Bertz CT molecular complexity index is 422. The minimum Gasteiger partial charge on any atom is -1.00 e. The van der Waals surface area contributed by atoms with E-state index in [1.54, 1.807) is 0 Å². The van der Waals surface area contributed by atoms with Gasteiger partial charge in [-0.1, -0.05) is 0 Å². The van der Waals surface area contributed by atoms with Gasteiger partial charge >= 0.3 is 61.3 Å². The first kappa shape index (κ1) is 25.9. The van der Waals surface area contributed by atoms with Crippen molar-refractivity contribution in [1.82, 2.24) is 0 Å². The molecule has 0 amide bonds. The predicted molar refractivity (Wildman–Crippen MR) is 62.1 cm³/mol. The second kappa shape index (κ2) is 11.5. The topological polar surface area (TPSA) is 227 Å². The minimum atomic E-state index is -4.64. The average molecular weight is 356 g/mol. The van der Waals surface area contributed by atoms with Crippen LogP contribution in [0.15, 0.2) is 0 Å². The van der Waals surface area contributed by atoms with Gasteiger partial charge in [0.1, 0.15) is 0 Å². The van der Waals surface area contributed by atoms with Gasteiger partial charge in [-0.05, 0) is 0 Å². The number of carboxylic acids is 4. The smallest absolute Gasteiger partial charge is 1.00 e. The van der Waals surface area contributed by atoms with Crippen LogP contribution in [0, 0.1) is 11.8 Å². The molecule has 22 heavy (non-hydrogen) atoms. The Labute approximate surface area is 146 Å². The van der Waals surface area contributed by atoms with E-state index in [1.807, 2.05) is 0 Å². The van der Waals surface area contributed by atoms with E-state index in [0.717, 1.165) is 0 Å². The molecular formula is C8H14NaO12P. The second-order valence-electron chi connectivity index (χ2n) is 3.60.